The molecule has 4 nitrogen and oxygen atoms in total. The Morgan fingerprint density at radius 2 is 1.50 bits per heavy atom. The molecule has 3 rings (SSSR count). The first-order valence-corrected chi connectivity index (χ1v) is 8.59. The van der Waals surface area contributed by atoms with Crippen LogP contribution >= 0.6 is 0 Å². The summed E-state index contributed by atoms with van der Waals surface area (Å²) in [4.78, 5) is 24.7. The topological polar surface area (TPSA) is 55.4 Å². The van der Waals surface area contributed by atoms with Crippen LogP contribution in [0, 0.1) is 0 Å². The second-order valence-electron chi connectivity index (χ2n) is 6.25. The summed E-state index contributed by atoms with van der Waals surface area (Å²) < 4.78 is 5.33. The van der Waals surface area contributed by atoms with Gasteiger partial charge in [-0.2, -0.15) is 0 Å². The Morgan fingerprint density at radius 3 is 2.23 bits per heavy atom. The number of rotatable bonds is 5. The molecular formula is C22H21NO3. The average Bonchev–Trinajstić information content (AvgIpc) is 2.68. The van der Waals surface area contributed by atoms with Crippen molar-refractivity contribution in [3.8, 4) is 0 Å². The minimum absolute atomic E-state index is 0.162. The molecule has 0 radical (unpaired) electrons. The Kier molecular flexibility index (Phi) is 5.32. The van der Waals surface area contributed by atoms with Crippen molar-refractivity contribution >= 4 is 22.6 Å². The van der Waals surface area contributed by atoms with E-state index in [1.807, 2.05) is 67.6 Å². The van der Waals surface area contributed by atoms with E-state index in [9.17, 15) is 9.59 Å². The summed E-state index contributed by atoms with van der Waals surface area (Å²) in [6.45, 7) is 3.47. The van der Waals surface area contributed by atoms with Crippen molar-refractivity contribution in [2.45, 2.75) is 26.0 Å². The lowest BCUT2D eigenvalue weighted by atomic mass is 10.1. The van der Waals surface area contributed by atoms with Gasteiger partial charge in [-0.3, -0.25) is 4.79 Å². The predicted molar refractivity (Wildman–Crippen MR) is 102 cm³/mol. The maximum absolute atomic E-state index is 12.4. The highest BCUT2D eigenvalue weighted by Crippen LogP contribution is 2.17. The number of amides is 1. The van der Waals surface area contributed by atoms with Crippen molar-refractivity contribution in [3.05, 3.63) is 83.9 Å². The van der Waals surface area contributed by atoms with Gasteiger partial charge in [0.1, 0.15) is 0 Å². The van der Waals surface area contributed by atoms with Crippen LogP contribution in [0.5, 0.6) is 0 Å². The molecule has 0 fully saturated rings. The van der Waals surface area contributed by atoms with E-state index >= 15 is 0 Å². The summed E-state index contributed by atoms with van der Waals surface area (Å²) in [7, 11) is 0. The molecule has 0 aromatic heterocycles. The van der Waals surface area contributed by atoms with Crippen LogP contribution < -0.4 is 5.32 Å². The van der Waals surface area contributed by atoms with Gasteiger partial charge in [0.15, 0.2) is 6.10 Å². The minimum Gasteiger partial charge on any atom is -0.449 e. The Balaban J connectivity index is 1.63. The molecule has 26 heavy (non-hydrogen) atoms. The fourth-order valence-electron chi connectivity index (χ4n) is 2.75. The number of esters is 1. The Hall–Kier alpha value is -3.14. The lowest BCUT2D eigenvalue weighted by Crippen LogP contribution is -2.37. The standard InChI is InChI=1S/C22H21NO3/c1-15(17-8-4-3-5-9-17)23-21(24)16(2)26-22(25)20-13-12-18-10-6-7-11-19(18)14-20/h3-16H,1-2H3,(H,23,24). The summed E-state index contributed by atoms with van der Waals surface area (Å²) in [5.74, 6) is -0.832. The van der Waals surface area contributed by atoms with Crippen LogP contribution in [-0.4, -0.2) is 18.0 Å². The summed E-state index contributed by atoms with van der Waals surface area (Å²) in [6, 6.07) is 22.6. The number of benzene rings is 3. The molecule has 2 unspecified atom stereocenters. The Bertz CT molecular complexity index is 921. The number of nitrogens with one attached hydrogen (secondary N) is 1. The number of fused-ring (bicyclic) bond motifs is 1. The van der Waals surface area contributed by atoms with Crippen molar-refractivity contribution in [2.24, 2.45) is 0 Å². The van der Waals surface area contributed by atoms with Gasteiger partial charge in [0.2, 0.25) is 0 Å². The predicted octanol–water partition coefficient (Wildman–Crippen LogP) is 4.26. The van der Waals surface area contributed by atoms with Crippen molar-refractivity contribution in [3.63, 3.8) is 0 Å². The fraction of sp³-hybridized carbons (Fsp3) is 0.182. The molecule has 0 saturated heterocycles. The normalized spacial score (nSPS) is 13.0. The van der Waals surface area contributed by atoms with Crippen LogP contribution in [0.15, 0.2) is 72.8 Å². The average molecular weight is 347 g/mol. The van der Waals surface area contributed by atoms with Crippen molar-refractivity contribution < 1.29 is 14.3 Å². The monoisotopic (exact) mass is 347 g/mol. The Labute approximate surface area is 152 Å². The summed E-state index contributed by atoms with van der Waals surface area (Å²) in [5, 5.41) is 4.87. The highest BCUT2D eigenvalue weighted by molar-refractivity contribution is 5.96. The Morgan fingerprint density at radius 1 is 0.846 bits per heavy atom. The first-order valence-electron chi connectivity index (χ1n) is 8.59. The zero-order valence-corrected chi connectivity index (χ0v) is 14.8. The van der Waals surface area contributed by atoms with E-state index in [1.165, 1.54) is 0 Å². The van der Waals surface area contributed by atoms with Crippen LogP contribution in [0.2, 0.25) is 0 Å². The lowest BCUT2D eigenvalue weighted by Gasteiger charge is -2.18. The van der Waals surface area contributed by atoms with E-state index in [0.717, 1.165) is 16.3 Å². The highest BCUT2D eigenvalue weighted by Gasteiger charge is 2.21. The fourth-order valence-corrected chi connectivity index (χ4v) is 2.75. The third-order valence-electron chi connectivity index (χ3n) is 4.30. The molecule has 0 aliphatic heterocycles. The molecule has 0 spiro atoms. The number of hydrogen-bond acceptors (Lipinski definition) is 3. The molecule has 0 saturated carbocycles. The van der Waals surface area contributed by atoms with Gasteiger partial charge in [-0.15, -0.1) is 0 Å². The van der Waals surface area contributed by atoms with Crippen LogP contribution in [0.1, 0.15) is 35.8 Å². The third-order valence-corrected chi connectivity index (χ3v) is 4.30. The molecule has 0 bridgehead atoms. The van der Waals surface area contributed by atoms with E-state index in [4.69, 9.17) is 4.74 Å². The van der Waals surface area contributed by atoms with Gasteiger partial charge in [0.25, 0.3) is 5.91 Å². The van der Waals surface area contributed by atoms with Crippen molar-refractivity contribution in [1.29, 1.82) is 0 Å². The minimum atomic E-state index is -0.875. The molecule has 0 heterocycles. The zero-order valence-electron chi connectivity index (χ0n) is 14.8. The first-order chi connectivity index (χ1) is 12.5. The number of carbonyl (C=O) groups excluding carboxylic acids is 2. The van der Waals surface area contributed by atoms with Gasteiger partial charge in [0, 0.05) is 0 Å². The second-order valence-corrected chi connectivity index (χ2v) is 6.25. The van der Waals surface area contributed by atoms with E-state index in [1.54, 1.807) is 19.1 Å². The SMILES string of the molecule is CC(OC(=O)c1ccc2ccccc2c1)C(=O)NC(C)c1ccccc1. The van der Waals surface area contributed by atoms with Gasteiger partial charge in [-0.05, 0) is 42.3 Å². The largest absolute Gasteiger partial charge is 0.449 e. The van der Waals surface area contributed by atoms with Crippen LogP contribution in [0.25, 0.3) is 10.8 Å². The molecule has 0 aliphatic carbocycles. The first kappa shape index (κ1) is 17.7. The quantitative estimate of drug-likeness (QED) is 0.702. The van der Waals surface area contributed by atoms with Gasteiger partial charge < -0.3 is 10.1 Å². The lowest BCUT2D eigenvalue weighted by molar-refractivity contribution is -0.129. The summed E-state index contributed by atoms with van der Waals surface area (Å²) in [5.41, 5.74) is 1.42. The molecule has 2 atom stereocenters. The van der Waals surface area contributed by atoms with E-state index < -0.39 is 12.1 Å². The van der Waals surface area contributed by atoms with Gasteiger partial charge in [0.05, 0.1) is 11.6 Å². The molecule has 0 aliphatic rings. The molecule has 1 amide bonds. The molecule has 132 valence electrons. The zero-order chi connectivity index (χ0) is 18.5. The highest BCUT2D eigenvalue weighted by atomic mass is 16.5. The number of hydrogen-bond donors (Lipinski definition) is 1. The molecule has 3 aromatic rings. The van der Waals surface area contributed by atoms with Crippen LogP contribution in [-0.2, 0) is 9.53 Å². The van der Waals surface area contributed by atoms with Gasteiger partial charge >= 0.3 is 5.97 Å². The maximum Gasteiger partial charge on any atom is 0.338 e. The van der Waals surface area contributed by atoms with Gasteiger partial charge in [-0.25, -0.2) is 4.79 Å². The van der Waals surface area contributed by atoms with Crippen LogP contribution in [0.4, 0.5) is 0 Å². The molecule has 4 heteroatoms. The summed E-state index contributed by atoms with van der Waals surface area (Å²) >= 11 is 0. The molecule has 1 N–H and O–H groups in total. The number of carbonyl (C=O) groups is 2. The smallest absolute Gasteiger partial charge is 0.338 e. The third kappa shape index (κ3) is 4.09. The van der Waals surface area contributed by atoms with Crippen LogP contribution in [0.3, 0.4) is 0 Å². The van der Waals surface area contributed by atoms with Gasteiger partial charge in [-0.1, -0.05) is 60.7 Å². The molecular weight excluding hydrogens is 326 g/mol. The van der Waals surface area contributed by atoms with Crippen molar-refractivity contribution in [2.75, 3.05) is 0 Å². The second kappa shape index (κ2) is 7.83. The maximum atomic E-state index is 12.4. The van der Waals surface area contributed by atoms with Crippen molar-refractivity contribution in [1.82, 2.24) is 5.32 Å². The van der Waals surface area contributed by atoms with E-state index in [0.29, 0.717) is 5.56 Å². The summed E-state index contributed by atoms with van der Waals surface area (Å²) in [6.07, 6.45) is -0.875. The number of ether oxygens (including phenoxy) is 1. The van der Waals surface area contributed by atoms with E-state index in [-0.39, 0.29) is 11.9 Å². The molecule has 3 aromatic carbocycles. The van der Waals surface area contributed by atoms with E-state index in [2.05, 4.69) is 5.32 Å².